The van der Waals surface area contributed by atoms with Crippen LogP contribution in [0.4, 0.5) is 11.5 Å². The molecule has 0 aromatic carbocycles. The predicted molar refractivity (Wildman–Crippen MR) is 69.2 cm³/mol. The van der Waals surface area contributed by atoms with Crippen LogP contribution in [-0.4, -0.2) is 20.7 Å². The second-order valence-electron chi connectivity index (χ2n) is 3.83. The van der Waals surface area contributed by atoms with Crippen LogP contribution in [0.25, 0.3) is 0 Å². The van der Waals surface area contributed by atoms with Gasteiger partial charge in [-0.1, -0.05) is 6.07 Å². The molecule has 6 nitrogen and oxygen atoms in total. The van der Waals surface area contributed by atoms with Gasteiger partial charge >= 0.3 is 0 Å². The van der Waals surface area contributed by atoms with E-state index in [0.29, 0.717) is 29.4 Å². The van der Waals surface area contributed by atoms with Gasteiger partial charge in [0.25, 0.3) is 5.91 Å². The SMILES string of the molecule is CCn1nc(C)c(N)c1C(=O)Nc1ccccn1. The lowest BCUT2D eigenvalue weighted by atomic mass is 10.3. The first-order valence-electron chi connectivity index (χ1n) is 5.68. The minimum absolute atomic E-state index is 0.298. The maximum Gasteiger partial charge on any atom is 0.277 e. The number of nitrogens with zero attached hydrogens (tertiary/aromatic N) is 3. The van der Waals surface area contributed by atoms with Crippen LogP contribution >= 0.6 is 0 Å². The van der Waals surface area contributed by atoms with Crippen LogP contribution in [0.1, 0.15) is 23.1 Å². The van der Waals surface area contributed by atoms with E-state index >= 15 is 0 Å². The van der Waals surface area contributed by atoms with Crippen molar-refractivity contribution in [3.05, 3.63) is 35.8 Å². The van der Waals surface area contributed by atoms with Gasteiger partial charge in [-0.2, -0.15) is 5.10 Å². The Labute approximate surface area is 105 Å². The summed E-state index contributed by atoms with van der Waals surface area (Å²) in [6, 6.07) is 5.30. The average Bonchev–Trinajstić information content (AvgIpc) is 2.66. The summed E-state index contributed by atoms with van der Waals surface area (Å²) in [6.45, 7) is 4.27. The molecule has 2 heterocycles. The van der Waals surface area contributed by atoms with Gasteiger partial charge in [0.1, 0.15) is 11.5 Å². The van der Waals surface area contributed by atoms with Crippen molar-refractivity contribution in [1.29, 1.82) is 0 Å². The summed E-state index contributed by atoms with van der Waals surface area (Å²) < 4.78 is 1.59. The third-order valence-electron chi connectivity index (χ3n) is 2.59. The Morgan fingerprint density at radius 2 is 2.28 bits per heavy atom. The Morgan fingerprint density at radius 3 is 2.89 bits per heavy atom. The number of amides is 1. The highest BCUT2D eigenvalue weighted by atomic mass is 16.2. The summed E-state index contributed by atoms with van der Waals surface area (Å²) in [7, 11) is 0. The smallest absolute Gasteiger partial charge is 0.277 e. The standard InChI is InChI=1S/C12H15N5O/c1-3-17-11(10(13)8(2)16-17)12(18)15-9-6-4-5-7-14-9/h4-7H,3,13H2,1-2H3,(H,14,15,18). The lowest BCUT2D eigenvalue weighted by molar-refractivity contribution is 0.101. The highest BCUT2D eigenvalue weighted by Crippen LogP contribution is 2.17. The number of anilines is 2. The molecule has 1 amide bonds. The Morgan fingerprint density at radius 1 is 1.50 bits per heavy atom. The van der Waals surface area contributed by atoms with E-state index in [1.54, 1.807) is 36.0 Å². The monoisotopic (exact) mass is 245 g/mol. The van der Waals surface area contributed by atoms with Gasteiger partial charge in [-0.05, 0) is 26.0 Å². The van der Waals surface area contributed by atoms with Crippen molar-refractivity contribution >= 4 is 17.4 Å². The number of aromatic nitrogens is 3. The van der Waals surface area contributed by atoms with Crippen LogP contribution in [0.5, 0.6) is 0 Å². The number of aryl methyl sites for hydroxylation is 2. The fourth-order valence-electron chi connectivity index (χ4n) is 1.68. The molecule has 0 bridgehead atoms. The molecule has 0 atom stereocenters. The Balaban J connectivity index is 2.29. The van der Waals surface area contributed by atoms with Crippen LogP contribution in [0.15, 0.2) is 24.4 Å². The van der Waals surface area contributed by atoms with Gasteiger partial charge in [-0.3, -0.25) is 9.48 Å². The molecule has 94 valence electrons. The average molecular weight is 245 g/mol. The van der Waals surface area contributed by atoms with Crippen molar-refractivity contribution in [3.63, 3.8) is 0 Å². The van der Waals surface area contributed by atoms with Crippen molar-refractivity contribution in [2.24, 2.45) is 0 Å². The molecule has 18 heavy (non-hydrogen) atoms. The Bertz CT molecular complexity index is 561. The van der Waals surface area contributed by atoms with E-state index in [-0.39, 0.29) is 5.91 Å². The normalized spacial score (nSPS) is 10.3. The molecule has 0 fully saturated rings. The summed E-state index contributed by atoms with van der Waals surface area (Å²) in [4.78, 5) is 16.2. The van der Waals surface area contributed by atoms with E-state index < -0.39 is 0 Å². The maximum atomic E-state index is 12.1. The largest absolute Gasteiger partial charge is 0.395 e. The molecule has 0 aliphatic carbocycles. The number of hydrogen-bond donors (Lipinski definition) is 2. The van der Waals surface area contributed by atoms with E-state index in [0.717, 1.165) is 0 Å². The minimum Gasteiger partial charge on any atom is -0.395 e. The zero-order valence-electron chi connectivity index (χ0n) is 10.3. The quantitative estimate of drug-likeness (QED) is 0.856. The maximum absolute atomic E-state index is 12.1. The third-order valence-corrected chi connectivity index (χ3v) is 2.59. The summed E-state index contributed by atoms with van der Waals surface area (Å²) in [6.07, 6.45) is 1.61. The van der Waals surface area contributed by atoms with Crippen LogP contribution in [0.2, 0.25) is 0 Å². The lowest BCUT2D eigenvalue weighted by Gasteiger charge is -2.06. The van der Waals surface area contributed by atoms with Crippen LogP contribution in [0, 0.1) is 6.92 Å². The minimum atomic E-state index is -0.298. The summed E-state index contributed by atoms with van der Waals surface area (Å²) >= 11 is 0. The Kier molecular flexibility index (Phi) is 3.27. The number of nitrogen functional groups attached to an aromatic ring is 1. The van der Waals surface area contributed by atoms with E-state index in [9.17, 15) is 4.79 Å². The first-order valence-corrected chi connectivity index (χ1v) is 5.68. The number of carbonyl (C=O) groups excluding carboxylic acids is 1. The summed E-state index contributed by atoms with van der Waals surface area (Å²) in [5, 5.41) is 6.90. The van der Waals surface area contributed by atoms with Gasteiger partial charge in [0, 0.05) is 12.7 Å². The number of nitrogens with one attached hydrogen (secondary N) is 1. The molecule has 0 aliphatic rings. The molecular weight excluding hydrogens is 230 g/mol. The fourth-order valence-corrected chi connectivity index (χ4v) is 1.68. The number of rotatable bonds is 3. The second kappa shape index (κ2) is 4.87. The van der Waals surface area contributed by atoms with Crippen LogP contribution in [0.3, 0.4) is 0 Å². The molecule has 0 aliphatic heterocycles. The first kappa shape index (κ1) is 12.1. The molecule has 6 heteroatoms. The van der Waals surface area contributed by atoms with Crippen molar-refractivity contribution in [2.75, 3.05) is 11.1 Å². The molecule has 0 saturated carbocycles. The highest BCUT2D eigenvalue weighted by molar-refractivity contribution is 6.06. The summed E-state index contributed by atoms with van der Waals surface area (Å²) in [5.41, 5.74) is 7.31. The van der Waals surface area contributed by atoms with Crippen LogP contribution in [-0.2, 0) is 6.54 Å². The van der Waals surface area contributed by atoms with Gasteiger partial charge in [0.2, 0.25) is 0 Å². The number of pyridine rings is 1. The topological polar surface area (TPSA) is 85.8 Å². The molecule has 2 aromatic heterocycles. The van der Waals surface area contributed by atoms with E-state index in [2.05, 4.69) is 15.4 Å². The molecular formula is C12H15N5O. The Hall–Kier alpha value is -2.37. The van der Waals surface area contributed by atoms with E-state index in [4.69, 9.17) is 5.73 Å². The van der Waals surface area contributed by atoms with Crippen molar-refractivity contribution in [2.45, 2.75) is 20.4 Å². The third kappa shape index (κ3) is 2.17. The molecule has 0 saturated heterocycles. The second-order valence-corrected chi connectivity index (χ2v) is 3.83. The van der Waals surface area contributed by atoms with Crippen LogP contribution < -0.4 is 11.1 Å². The zero-order chi connectivity index (χ0) is 13.1. The summed E-state index contributed by atoms with van der Waals surface area (Å²) in [5.74, 6) is 0.192. The van der Waals surface area contributed by atoms with Crippen molar-refractivity contribution in [3.8, 4) is 0 Å². The molecule has 2 aromatic rings. The van der Waals surface area contributed by atoms with Crippen molar-refractivity contribution < 1.29 is 4.79 Å². The molecule has 3 N–H and O–H groups in total. The number of hydrogen-bond acceptors (Lipinski definition) is 4. The number of nitrogens with two attached hydrogens (primary N) is 1. The van der Waals surface area contributed by atoms with E-state index in [1.807, 2.05) is 6.92 Å². The molecule has 0 spiro atoms. The highest BCUT2D eigenvalue weighted by Gasteiger charge is 2.19. The lowest BCUT2D eigenvalue weighted by Crippen LogP contribution is -2.19. The predicted octanol–water partition coefficient (Wildman–Crippen LogP) is 1.44. The number of carbonyl (C=O) groups is 1. The molecule has 2 rings (SSSR count). The first-order chi connectivity index (χ1) is 8.63. The van der Waals surface area contributed by atoms with Gasteiger partial charge in [0.05, 0.1) is 11.4 Å². The van der Waals surface area contributed by atoms with Gasteiger partial charge in [-0.15, -0.1) is 0 Å². The van der Waals surface area contributed by atoms with Gasteiger partial charge in [0.15, 0.2) is 0 Å². The molecule has 0 radical (unpaired) electrons. The van der Waals surface area contributed by atoms with Crippen molar-refractivity contribution in [1.82, 2.24) is 14.8 Å². The van der Waals surface area contributed by atoms with E-state index in [1.165, 1.54) is 0 Å². The van der Waals surface area contributed by atoms with Gasteiger partial charge in [-0.25, -0.2) is 4.98 Å². The van der Waals surface area contributed by atoms with Gasteiger partial charge < -0.3 is 11.1 Å². The zero-order valence-corrected chi connectivity index (χ0v) is 10.3. The fraction of sp³-hybridized carbons (Fsp3) is 0.250. The molecule has 0 unspecified atom stereocenters.